The molecule has 0 spiro atoms. The third kappa shape index (κ3) is 3.88. The van der Waals surface area contributed by atoms with E-state index < -0.39 is 0 Å². The Bertz CT molecular complexity index is 712. The maximum atomic E-state index is 12.6. The highest BCUT2D eigenvalue weighted by Crippen LogP contribution is 2.28. The third-order valence-electron chi connectivity index (χ3n) is 4.79. The molecule has 9 heteroatoms. The second kappa shape index (κ2) is 7.71. The Morgan fingerprint density at radius 3 is 2.65 bits per heavy atom. The van der Waals surface area contributed by atoms with E-state index in [4.69, 9.17) is 4.74 Å². The average molecular weight is 380 g/mol. The van der Waals surface area contributed by atoms with Gasteiger partial charge in [-0.3, -0.25) is 14.4 Å². The minimum atomic E-state index is -0.387. The molecule has 0 aliphatic carbocycles. The summed E-state index contributed by atoms with van der Waals surface area (Å²) in [5, 5.41) is 3.17. The largest absolute Gasteiger partial charge is 0.381 e. The topological polar surface area (TPSA) is 91.8 Å². The van der Waals surface area contributed by atoms with Gasteiger partial charge in [0.2, 0.25) is 11.8 Å². The molecule has 0 aromatic carbocycles. The van der Waals surface area contributed by atoms with E-state index in [0.717, 1.165) is 24.2 Å². The minimum absolute atomic E-state index is 0.0239. The van der Waals surface area contributed by atoms with Gasteiger partial charge in [0.15, 0.2) is 5.13 Å². The molecular weight excluding hydrogens is 356 g/mol. The number of aryl methyl sites for hydroxylation is 1. The molecule has 1 N–H and O–H groups in total. The predicted molar refractivity (Wildman–Crippen MR) is 97.2 cm³/mol. The maximum absolute atomic E-state index is 12.6. The van der Waals surface area contributed by atoms with Crippen LogP contribution in [0.2, 0.25) is 0 Å². The standard InChI is InChI=1S/C17H24N4O4S/c1-10-14(16(24)20(2)3)26-17(18-10)19-15(23)11-8-13(22)21(9-11)12-4-6-25-7-5-12/h11-12H,4-9H2,1-3H3,(H,18,19,23). The van der Waals surface area contributed by atoms with Crippen LogP contribution >= 0.6 is 11.3 Å². The summed E-state index contributed by atoms with van der Waals surface area (Å²) < 4.78 is 5.34. The number of amides is 3. The zero-order valence-corrected chi connectivity index (χ0v) is 16.1. The zero-order chi connectivity index (χ0) is 18.8. The van der Waals surface area contributed by atoms with Gasteiger partial charge in [0, 0.05) is 46.3 Å². The molecule has 2 aliphatic rings. The van der Waals surface area contributed by atoms with E-state index >= 15 is 0 Å². The fraction of sp³-hybridized carbons (Fsp3) is 0.647. The first-order valence-corrected chi connectivity index (χ1v) is 9.55. The van der Waals surface area contributed by atoms with Crippen molar-refractivity contribution in [2.75, 3.05) is 39.2 Å². The van der Waals surface area contributed by atoms with Crippen LogP contribution in [-0.4, -0.2) is 72.4 Å². The van der Waals surface area contributed by atoms with E-state index in [-0.39, 0.29) is 36.1 Å². The van der Waals surface area contributed by atoms with Gasteiger partial charge < -0.3 is 19.9 Å². The van der Waals surface area contributed by atoms with Crippen molar-refractivity contribution in [1.82, 2.24) is 14.8 Å². The third-order valence-corrected chi connectivity index (χ3v) is 5.85. The lowest BCUT2D eigenvalue weighted by molar-refractivity contribution is -0.131. The van der Waals surface area contributed by atoms with Gasteiger partial charge in [-0.1, -0.05) is 11.3 Å². The molecule has 1 unspecified atom stereocenters. The van der Waals surface area contributed by atoms with Gasteiger partial charge in [-0.25, -0.2) is 4.98 Å². The fourth-order valence-corrected chi connectivity index (χ4v) is 4.31. The van der Waals surface area contributed by atoms with Gasteiger partial charge in [0.1, 0.15) is 4.88 Å². The number of nitrogens with one attached hydrogen (secondary N) is 1. The van der Waals surface area contributed by atoms with Gasteiger partial charge in [-0.2, -0.15) is 0 Å². The first kappa shape index (κ1) is 18.8. The van der Waals surface area contributed by atoms with Crippen LogP contribution in [0.15, 0.2) is 0 Å². The van der Waals surface area contributed by atoms with Crippen LogP contribution in [0, 0.1) is 12.8 Å². The van der Waals surface area contributed by atoms with Crippen LogP contribution in [0.4, 0.5) is 5.13 Å². The summed E-state index contributed by atoms with van der Waals surface area (Å²) in [5.74, 6) is -0.717. The van der Waals surface area contributed by atoms with Crippen molar-refractivity contribution in [2.24, 2.45) is 5.92 Å². The Balaban J connectivity index is 1.63. The summed E-state index contributed by atoms with van der Waals surface area (Å²) >= 11 is 1.16. The normalized spacial score (nSPS) is 21.1. The number of nitrogens with zero attached hydrogens (tertiary/aromatic N) is 3. The molecule has 1 aromatic heterocycles. The Labute approximate surface area is 156 Å². The molecule has 26 heavy (non-hydrogen) atoms. The molecule has 3 heterocycles. The van der Waals surface area contributed by atoms with Crippen LogP contribution in [0.1, 0.15) is 34.6 Å². The Kier molecular flexibility index (Phi) is 5.57. The summed E-state index contributed by atoms with van der Waals surface area (Å²) in [6, 6.07) is 0.167. The predicted octanol–water partition coefficient (Wildman–Crippen LogP) is 1.12. The summed E-state index contributed by atoms with van der Waals surface area (Å²) in [4.78, 5) is 45.1. The molecule has 0 radical (unpaired) electrons. The number of likely N-dealkylation sites (tertiary alicyclic amines) is 1. The first-order valence-electron chi connectivity index (χ1n) is 8.74. The number of hydrogen-bond donors (Lipinski definition) is 1. The molecule has 8 nitrogen and oxygen atoms in total. The zero-order valence-electron chi connectivity index (χ0n) is 15.3. The Morgan fingerprint density at radius 2 is 2.00 bits per heavy atom. The van der Waals surface area contributed by atoms with Crippen molar-refractivity contribution in [1.29, 1.82) is 0 Å². The number of aromatic nitrogens is 1. The quantitative estimate of drug-likeness (QED) is 0.845. The lowest BCUT2D eigenvalue weighted by Crippen LogP contribution is -2.41. The van der Waals surface area contributed by atoms with E-state index in [1.165, 1.54) is 4.90 Å². The molecule has 2 saturated heterocycles. The lowest BCUT2D eigenvalue weighted by Gasteiger charge is -2.31. The highest BCUT2D eigenvalue weighted by Gasteiger charge is 2.38. The van der Waals surface area contributed by atoms with Crippen molar-refractivity contribution in [2.45, 2.75) is 32.2 Å². The molecule has 0 saturated carbocycles. The number of thiazole rings is 1. The van der Waals surface area contributed by atoms with Gasteiger partial charge in [0.05, 0.1) is 11.6 Å². The van der Waals surface area contributed by atoms with E-state index in [1.54, 1.807) is 21.0 Å². The number of anilines is 1. The number of ether oxygens (including phenoxy) is 1. The van der Waals surface area contributed by atoms with Crippen molar-refractivity contribution in [3.8, 4) is 0 Å². The summed E-state index contributed by atoms with van der Waals surface area (Å²) in [6.07, 6.45) is 1.86. The van der Waals surface area contributed by atoms with E-state index in [0.29, 0.717) is 35.5 Å². The van der Waals surface area contributed by atoms with Gasteiger partial charge in [-0.15, -0.1) is 0 Å². The van der Waals surface area contributed by atoms with Crippen molar-refractivity contribution < 1.29 is 19.1 Å². The van der Waals surface area contributed by atoms with Crippen LogP contribution in [0.5, 0.6) is 0 Å². The van der Waals surface area contributed by atoms with E-state index in [9.17, 15) is 14.4 Å². The number of carbonyl (C=O) groups excluding carboxylic acids is 3. The Morgan fingerprint density at radius 1 is 1.31 bits per heavy atom. The van der Waals surface area contributed by atoms with Crippen LogP contribution in [0.3, 0.4) is 0 Å². The smallest absolute Gasteiger partial charge is 0.265 e. The highest BCUT2D eigenvalue weighted by atomic mass is 32.1. The highest BCUT2D eigenvalue weighted by molar-refractivity contribution is 7.17. The molecule has 0 bridgehead atoms. The second-order valence-electron chi connectivity index (χ2n) is 6.91. The minimum Gasteiger partial charge on any atom is -0.381 e. The lowest BCUT2D eigenvalue weighted by atomic mass is 10.1. The number of rotatable bonds is 4. The monoisotopic (exact) mass is 380 g/mol. The average Bonchev–Trinajstić information content (AvgIpc) is 3.17. The second-order valence-corrected chi connectivity index (χ2v) is 7.91. The molecule has 1 atom stereocenters. The summed E-state index contributed by atoms with van der Waals surface area (Å²) in [6.45, 7) is 3.50. The van der Waals surface area contributed by atoms with Gasteiger partial charge in [-0.05, 0) is 19.8 Å². The van der Waals surface area contributed by atoms with E-state index in [1.807, 2.05) is 4.90 Å². The number of hydrogen-bond acceptors (Lipinski definition) is 6. The molecule has 2 fully saturated rings. The fourth-order valence-electron chi connectivity index (χ4n) is 3.32. The molecule has 1 aromatic rings. The molecule has 3 rings (SSSR count). The van der Waals surface area contributed by atoms with Crippen LogP contribution in [-0.2, 0) is 14.3 Å². The molecule has 3 amide bonds. The molecular formula is C17H24N4O4S. The maximum Gasteiger partial charge on any atom is 0.265 e. The van der Waals surface area contributed by atoms with Crippen molar-refractivity contribution in [3.63, 3.8) is 0 Å². The summed E-state index contributed by atoms with van der Waals surface area (Å²) in [5.41, 5.74) is 0.593. The molecule has 142 valence electrons. The first-order chi connectivity index (χ1) is 12.4. The SMILES string of the molecule is Cc1nc(NC(=O)C2CC(=O)N(C3CCOCC3)C2)sc1C(=O)N(C)C. The van der Waals surface area contributed by atoms with Crippen LogP contribution in [0.25, 0.3) is 0 Å². The number of carbonyl (C=O) groups is 3. The van der Waals surface area contributed by atoms with E-state index in [2.05, 4.69) is 10.3 Å². The van der Waals surface area contributed by atoms with Crippen LogP contribution < -0.4 is 5.32 Å². The van der Waals surface area contributed by atoms with Gasteiger partial charge >= 0.3 is 0 Å². The summed E-state index contributed by atoms with van der Waals surface area (Å²) in [7, 11) is 3.35. The Hall–Kier alpha value is -2.00. The molecule has 2 aliphatic heterocycles. The van der Waals surface area contributed by atoms with Crippen molar-refractivity contribution in [3.05, 3.63) is 10.6 Å². The van der Waals surface area contributed by atoms with Gasteiger partial charge in [0.25, 0.3) is 5.91 Å². The van der Waals surface area contributed by atoms with Crippen molar-refractivity contribution >= 4 is 34.2 Å².